The van der Waals surface area contributed by atoms with Crippen LogP contribution in [0.3, 0.4) is 0 Å². The van der Waals surface area contributed by atoms with E-state index < -0.39 is 11.4 Å². The summed E-state index contributed by atoms with van der Waals surface area (Å²) in [7, 11) is 0. The Morgan fingerprint density at radius 3 is 2.86 bits per heavy atom. The van der Waals surface area contributed by atoms with Crippen molar-refractivity contribution < 1.29 is 19.4 Å². The SMILES string of the molecule is CC12CC34C=CC(=O)[C@@](C)(CCC(=O)O)C3C(O1)[C@@H](Cl)C2C4. The van der Waals surface area contributed by atoms with Crippen molar-refractivity contribution in [2.24, 2.45) is 22.7 Å². The minimum Gasteiger partial charge on any atom is -0.481 e. The number of allylic oxidation sites excluding steroid dienone is 2. The number of alkyl halides is 1. The summed E-state index contributed by atoms with van der Waals surface area (Å²) in [5.41, 5.74) is -0.928. The van der Waals surface area contributed by atoms with Gasteiger partial charge in [0.15, 0.2) is 5.78 Å². The molecule has 5 heteroatoms. The van der Waals surface area contributed by atoms with Crippen LogP contribution in [0.2, 0.25) is 0 Å². The number of carboxylic acids is 1. The number of carbonyl (C=O) groups excluding carboxylic acids is 1. The van der Waals surface area contributed by atoms with Gasteiger partial charge in [-0.3, -0.25) is 9.59 Å². The van der Waals surface area contributed by atoms with Crippen molar-refractivity contribution in [2.45, 2.75) is 56.6 Å². The van der Waals surface area contributed by atoms with Gasteiger partial charge in [-0.25, -0.2) is 0 Å². The van der Waals surface area contributed by atoms with Gasteiger partial charge in [0.25, 0.3) is 0 Å². The van der Waals surface area contributed by atoms with E-state index in [1.165, 1.54) is 0 Å². The van der Waals surface area contributed by atoms with Crippen molar-refractivity contribution in [3.05, 3.63) is 12.2 Å². The molecule has 4 fully saturated rings. The van der Waals surface area contributed by atoms with Crippen LogP contribution in [-0.4, -0.2) is 33.9 Å². The highest BCUT2D eigenvalue weighted by atomic mass is 35.5. The molecule has 7 atom stereocenters. The molecule has 2 saturated heterocycles. The Morgan fingerprint density at radius 2 is 2.23 bits per heavy atom. The average molecular weight is 325 g/mol. The number of carbonyl (C=O) groups is 2. The van der Waals surface area contributed by atoms with E-state index in [-0.39, 0.29) is 40.6 Å². The zero-order chi connectivity index (χ0) is 15.9. The van der Waals surface area contributed by atoms with Crippen molar-refractivity contribution in [1.82, 2.24) is 0 Å². The number of ether oxygens (including phenoxy) is 1. The van der Waals surface area contributed by atoms with E-state index in [9.17, 15) is 9.59 Å². The highest BCUT2D eigenvalue weighted by molar-refractivity contribution is 6.21. The normalized spacial score (nSPS) is 54.8. The number of halogens is 1. The van der Waals surface area contributed by atoms with Crippen LogP contribution in [0.15, 0.2) is 12.2 Å². The van der Waals surface area contributed by atoms with Crippen LogP contribution >= 0.6 is 11.6 Å². The molecule has 0 aromatic rings. The molecule has 1 N–H and O–H groups in total. The first kappa shape index (κ1) is 14.7. The maximum Gasteiger partial charge on any atom is 0.303 e. The highest BCUT2D eigenvalue weighted by Gasteiger charge is 2.74. The lowest BCUT2D eigenvalue weighted by molar-refractivity contribution is -0.169. The zero-order valence-electron chi connectivity index (χ0n) is 12.8. The summed E-state index contributed by atoms with van der Waals surface area (Å²) >= 11 is 6.67. The first-order valence-corrected chi connectivity index (χ1v) is 8.43. The Bertz CT molecular complexity index is 601. The molecule has 0 aromatic heterocycles. The van der Waals surface area contributed by atoms with Crippen LogP contribution in [0.4, 0.5) is 0 Å². The molecule has 5 unspecified atom stereocenters. The van der Waals surface area contributed by atoms with Gasteiger partial charge in [0.1, 0.15) is 0 Å². The second-order valence-electron chi connectivity index (χ2n) is 8.05. The summed E-state index contributed by atoms with van der Waals surface area (Å²) < 4.78 is 6.30. The fourth-order valence-corrected chi connectivity index (χ4v) is 6.49. The van der Waals surface area contributed by atoms with Gasteiger partial charge in [0.05, 0.1) is 17.1 Å². The molecule has 120 valence electrons. The van der Waals surface area contributed by atoms with Gasteiger partial charge in [-0.05, 0) is 37.7 Å². The average Bonchev–Trinajstić information content (AvgIpc) is 2.77. The molecule has 22 heavy (non-hydrogen) atoms. The van der Waals surface area contributed by atoms with E-state index in [1.54, 1.807) is 6.08 Å². The molecule has 4 bridgehead atoms. The summed E-state index contributed by atoms with van der Waals surface area (Å²) in [6, 6.07) is 0. The summed E-state index contributed by atoms with van der Waals surface area (Å²) in [6.07, 6.45) is 5.82. The quantitative estimate of drug-likeness (QED) is 0.811. The fraction of sp³-hybridized carbons (Fsp3) is 0.765. The minimum absolute atomic E-state index is 0.00300. The lowest BCUT2D eigenvalue weighted by Gasteiger charge is -2.55. The van der Waals surface area contributed by atoms with Gasteiger partial charge < -0.3 is 9.84 Å². The van der Waals surface area contributed by atoms with Gasteiger partial charge in [0.2, 0.25) is 0 Å². The third kappa shape index (κ3) is 1.58. The van der Waals surface area contributed by atoms with E-state index in [2.05, 4.69) is 13.0 Å². The maximum atomic E-state index is 12.6. The first-order valence-electron chi connectivity index (χ1n) is 7.99. The van der Waals surface area contributed by atoms with E-state index in [4.69, 9.17) is 21.4 Å². The van der Waals surface area contributed by atoms with Crippen molar-refractivity contribution in [3.63, 3.8) is 0 Å². The summed E-state index contributed by atoms with van der Waals surface area (Å²) in [5, 5.41) is 8.98. The highest BCUT2D eigenvalue weighted by Crippen LogP contribution is 2.72. The lowest BCUT2D eigenvalue weighted by atomic mass is 9.51. The number of ketones is 1. The van der Waals surface area contributed by atoms with E-state index >= 15 is 0 Å². The monoisotopic (exact) mass is 324 g/mol. The van der Waals surface area contributed by atoms with Crippen molar-refractivity contribution in [2.75, 3.05) is 0 Å². The van der Waals surface area contributed by atoms with Crippen LogP contribution in [-0.2, 0) is 14.3 Å². The molecule has 3 aliphatic carbocycles. The van der Waals surface area contributed by atoms with Crippen LogP contribution in [0, 0.1) is 22.7 Å². The maximum absolute atomic E-state index is 12.6. The molecule has 1 spiro atoms. The fourth-order valence-electron chi connectivity index (χ4n) is 5.94. The summed E-state index contributed by atoms with van der Waals surface area (Å²) in [4.78, 5) is 23.7. The molecule has 2 aliphatic heterocycles. The Hall–Kier alpha value is -0.870. The topological polar surface area (TPSA) is 63.6 Å². The van der Waals surface area contributed by atoms with E-state index in [0.717, 1.165) is 12.8 Å². The summed E-state index contributed by atoms with van der Waals surface area (Å²) in [6.45, 7) is 4.05. The molecule has 0 radical (unpaired) electrons. The van der Waals surface area contributed by atoms with Crippen molar-refractivity contribution >= 4 is 23.4 Å². The van der Waals surface area contributed by atoms with E-state index in [0.29, 0.717) is 12.3 Å². The lowest BCUT2D eigenvalue weighted by Crippen LogP contribution is -2.58. The Morgan fingerprint density at radius 1 is 1.50 bits per heavy atom. The zero-order valence-corrected chi connectivity index (χ0v) is 13.6. The van der Waals surface area contributed by atoms with Crippen molar-refractivity contribution in [1.29, 1.82) is 0 Å². The third-order valence-corrected chi connectivity index (χ3v) is 7.34. The van der Waals surface area contributed by atoms with Crippen LogP contribution in [0.5, 0.6) is 0 Å². The number of hydrogen-bond acceptors (Lipinski definition) is 3. The Labute approximate surface area is 134 Å². The molecule has 5 rings (SSSR count). The van der Waals surface area contributed by atoms with Crippen LogP contribution in [0.1, 0.15) is 39.5 Å². The van der Waals surface area contributed by atoms with E-state index in [1.807, 2.05) is 6.92 Å². The van der Waals surface area contributed by atoms with Gasteiger partial charge in [-0.1, -0.05) is 13.0 Å². The van der Waals surface area contributed by atoms with Crippen molar-refractivity contribution in [3.8, 4) is 0 Å². The Kier molecular flexibility index (Phi) is 2.77. The number of hydrogen-bond donors (Lipinski definition) is 1. The predicted molar refractivity (Wildman–Crippen MR) is 80.7 cm³/mol. The number of rotatable bonds is 3. The van der Waals surface area contributed by atoms with Crippen LogP contribution < -0.4 is 0 Å². The smallest absolute Gasteiger partial charge is 0.303 e. The third-order valence-electron chi connectivity index (χ3n) is 6.79. The van der Waals surface area contributed by atoms with Crippen LogP contribution in [0.25, 0.3) is 0 Å². The molecular formula is C17H21ClO4. The largest absolute Gasteiger partial charge is 0.481 e. The van der Waals surface area contributed by atoms with Gasteiger partial charge in [-0.15, -0.1) is 11.6 Å². The second kappa shape index (κ2) is 4.15. The van der Waals surface area contributed by atoms with Gasteiger partial charge in [-0.2, -0.15) is 0 Å². The standard InChI is InChI=1S/C17H21ClO4/c1-15(5-4-11(20)21)10(19)3-6-17-7-9-12(18)13(14(15)17)22-16(9,2)8-17/h3,6,9,12-14H,4-5,7-8H2,1-2H3,(H,20,21)/t9?,12-,13?,14?,15+,16?,17?/m0/s1. The minimum atomic E-state index is -0.862. The first-order chi connectivity index (χ1) is 10.2. The molecule has 2 saturated carbocycles. The van der Waals surface area contributed by atoms with Gasteiger partial charge in [0, 0.05) is 23.7 Å². The predicted octanol–water partition coefficient (Wildman–Crippen LogP) is 2.79. The number of carboxylic acid groups (broad SMARTS) is 1. The molecular weight excluding hydrogens is 304 g/mol. The molecule has 2 heterocycles. The number of aliphatic carboxylic acids is 1. The Balaban J connectivity index is 1.78. The summed E-state index contributed by atoms with van der Waals surface area (Å²) in [5.74, 6) is -0.515. The molecule has 0 aromatic carbocycles. The van der Waals surface area contributed by atoms with Gasteiger partial charge >= 0.3 is 5.97 Å². The molecule has 0 amide bonds. The second-order valence-corrected chi connectivity index (χ2v) is 8.55. The molecule has 5 aliphatic rings. The molecule has 4 nitrogen and oxygen atoms in total.